The van der Waals surface area contributed by atoms with Crippen molar-refractivity contribution in [1.82, 2.24) is 14.7 Å². The van der Waals surface area contributed by atoms with Crippen LogP contribution in [0.25, 0.3) is 4.96 Å². The highest BCUT2D eigenvalue weighted by Crippen LogP contribution is 2.16. The van der Waals surface area contributed by atoms with Crippen LogP contribution in [0, 0.1) is 6.92 Å². The molecule has 2 aromatic rings. The number of imidazole rings is 1. The number of rotatable bonds is 6. The van der Waals surface area contributed by atoms with Crippen molar-refractivity contribution in [2.75, 3.05) is 6.54 Å². The Bertz CT molecular complexity index is 561. The van der Waals surface area contributed by atoms with Gasteiger partial charge in [0.25, 0.3) is 0 Å². The number of carbonyl (C=O) groups is 1. The summed E-state index contributed by atoms with van der Waals surface area (Å²) in [5.41, 5.74) is 1.88. The number of fused-ring (bicyclic) bond motifs is 1. The maximum atomic E-state index is 11.8. The number of nitrogens with zero attached hydrogens (tertiary/aromatic N) is 2. The number of hydrogen-bond donors (Lipinski definition) is 2. The number of thiazole rings is 1. The van der Waals surface area contributed by atoms with Gasteiger partial charge in [-0.05, 0) is 13.3 Å². The van der Waals surface area contributed by atoms with E-state index >= 15 is 0 Å². The summed E-state index contributed by atoms with van der Waals surface area (Å²) < 4.78 is 1.95. The summed E-state index contributed by atoms with van der Waals surface area (Å²) in [5.74, 6) is -0.0683. The number of aryl methyl sites for hydroxylation is 1. The molecule has 1 unspecified atom stereocenters. The zero-order chi connectivity index (χ0) is 13.8. The molecular weight excluding hydrogens is 262 g/mol. The summed E-state index contributed by atoms with van der Waals surface area (Å²) in [6, 6.07) is 0. The highest BCUT2D eigenvalue weighted by atomic mass is 32.1. The van der Waals surface area contributed by atoms with Crippen molar-refractivity contribution in [2.45, 2.75) is 39.2 Å². The van der Waals surface area contributed by atoms with Crippen LogP contribution in [0.15, 0.2) is 11.6 Å². The molecule has 1 atom stereocenters. The second-order valence-corrected chi connectivity index (χ2v) is 5.52. The highest BCUT2D eigenvalue weighted by Gasteiger charge is 2.11. The van der Waals surface area contributed by atoms with E-state index in [-0.39, 0.29) is 5.91 Å². The third-order valence-electron chi connectivity index (χ3n) is 2.90. The first-order valence-electron chi connectivity index (χ1n) is 6.47. The lowest BCUT2D eigenvalue weighted by atomic mass is 10.2. The minimum absolute atomic E-state index is 0.0683. The number of aliphatic hydroxyl groups is 1. The van der Waals surface area contributed by atoms with Crippen LogP contribution in [-0.2, 0) is 11.2 Å². The normalized spacial score (nSPS) is 12.8. The van der Waals surface area contributed by atoms with Crippen LogP contribution in [0.4, 0.5) is 0 Å². The Kier molecular flexibility index (Phi) is 4.55. The van der Waals surface area contributed by atoms with Gasteiger partial charge in [0.15, 0.2) is 4.96 Å². The molecule has 0 saturated heterocycles. The molecule has 0 aromatic carbocycles. The van der Waals surface area contributed by atoms with Crippen molar-refractivity contribution in [3.8, 4) is 0 Å². The first kappa shape index (κ1) is 14.0. The monoisotopic (exact) mass is 281 g/mol. The minimum atomic E-state index is -0.452. The Morgan fingerprint density at radius 3 is 3.16 bits per heavy atom. The molecule has 0 aliphatic rings. The van der Waals surface area contributed by atoms with Gasteiger partial charge in [-0.2, -0.15) is 0 Å². The van der Waals surface area contributed by atoms with E-state index in [9.17, 15) is 9.90 Å². The van der Waals surface area contributed by atoms with Gasteiger partial charge < -0.3 is 10.4 Å². The molecule has 2 aromatic heterocycles. The summed E-state index contributed by atoms with van der Waals surface area (Å²) in [6.45, 7) is 4.27. The quantitative estimate of drug-likeness (QED) is 0.843. The second kappa shape index (κ2) is 6.16. The molecule has 2 N–H and O–H groups in total. The Labute approximate surface area is 116 Å². The SMILES string of the molecule is CCCC(O)CNC(=O)Cc1csc2nc(C)cn12. The van der Waals surface area contributed by atoms with E-state index < -0.39 is 6.10 Å². The fourth-order valence-corrected chi connectivity index (χ4v) is 2.88. The molecule has 0 aliphatic heterocycles. The number of nitrogens with one attached hydrogen (secondary N) is 1. The lowest BCUT2D eigenvalue weighted by Gasteiger charge is -2.10. The van der Waals surface area contributed by atoms with E-state index in [0.29, 0.717) is 19.4 Å². The average Bonchev–Trinajstić information content (AvgIpc) is 2.88. The van der Waals surface area contributed by atoms with Crippen LogP contribution in [0.2, 0.25) is 0 Å². The van der Waals surface area contributed by atoms with E-state index in [1.807, 2.05) is 29.8 Å². The number of carbonyl (C=O) groups excluding carboxylic acids is 1. The molecular formula is C13H19N3O2S. The number of aliphatic hydroxyl groups excluding tert-OH is 1. The van der Waals surface area contributed by atoms with E-state index in [0.717, 1.165) is 22.8 Å². The predicted octanol–water partition coefficient (Wildman–Crippen LogP) is 1.52. The first-order valence-corrected chi connectivity index (χ1v) is 7.35. The molecule has 2 rings (SSSR count). The summed E-state index contributed by atoms with van der Waals surface area (Å²) in [4.78, 5) is 17.1. The zero-order valence-electron chi connectivity index (χ0n) is 11.2. The van der Waals surface area contributed by atoms with Crippen LogP contribution in [0.3, 0.4) is 0 Å². The minimum Gasteiger partial charge on any atom is -0.391 e. The topological polar surface area (TPSA) is 66.6 Å². The molecule has 6 heteroatoms. The summed E-state index contributed by atoms with van der Waals surface area (Å²) in [7, 11) is 0. The van der Waals surface area contributed by atoms with Crippen LogP contribution >= 0.6 is 11.3 Å². The van der Waals surface area contributed by atoms with Gasteiger partial charge in [-0.15, -0.1) is 11.3 Å². The van der Waals surface area contributed by atoms with Crippen LogP contribution in [-0.4, -0.2) is 33.0 Å². The molecule has 1 amide bonds. The van der Waals surface area contributed by atoms with Gasteiger partial charge in [0, 0.05) is 23.8 Å². The van der Waals surface area contributed by atoms with Crippen LogP contribution < -0.4 is 5.32 Å². The number of hydrogen-bond acceptors (Lipinski definition) is 4. The van der Waals surface area contributed by atoms with Gasteiger partial charge in [-0.25, -0.2) is 4.98 Å². The molecule has 0 saturated carbocycles. The van der Waals surface area contributed by atoms with Crippen molar-refractivity contribution in [3.63, 3.8) is 0 Å². The fraction of sp³-hybridized carbons (Fsp3) is 0.538. The average molecular weight is 281 g/mol. The van der Waals surface area contributed by atoms with E-state index in [1.165, 1.54) is 11.3 Å². The molecule has 0 spiro atoms. The number of amides is 1. The van der Waals surface area contributed by atoms with Crippen molar-refractivity contribution in [2.24, 2.45) is 0 Å². The molecule has 0 aliphatic carbocycles. The van der Waals surface area contributed by atoms with Crippen molar-refractivity contribution in [1.29, 1.82) is 0 Å². The third kappa shape index (κ3) is 3.54. The van der Waals surface area contributed by atoms with Gasteiger partial charge in [-0.3, -0.25) is 9.20 Å². The number of aromatic nitrogens is 2. The lowest BCUT2D eigenvalue weighted by molar-refractivity contribution is -0.121. The molecule has 19 heavy (non-hydrogen) atoms. The Balaban J connectivity index is 1.91. The maximum absolute atomic E-state index is 11.8. The van der Waals surface area contributed by atoms with Gasteiger partial charge in [0.05, 0.1) is 18.2 Å². The van der Waals surface area contributed by atoms with Crippen LogP contribution in [0.5, 0.6) is 0 Å². The first-order chi connectivity index (χ1) is 9.10. The fourth-order valence-electron chi connectivity index (χ4n) is 1.96. The molecule has 2 heterocycles. The Morgan fingerprint density at radius 2 is 2.42 bits per heavy atom. The molecule has 0 fully saturated rings. The van der Waals surface area contributed by atoms with Crippen molar-refractivity contribution < 1.29 is 9.90 Å². The van der Waals surface area contributed by atoms with Gasteiger partial charge in [-0.1, -0.05) is 13.3 Å². The second-order valence-electron chi connectivity index (χ2n) is 4.69. The summed E-state index contributed by atoms with van der Waals surface area (Å²) in [5, 5.41) is 14.3. The lowest BCUT2D eigenvalue weighted by Crippen LogP contribution is -2.33. The van der Waals surface area contributed by atoms with E-state index in [2.05, 4.69) is 10.3 Å². The standard InChI is InChI=1S/C13H19N3O2S/c1-3-4-11(17)6-14-12(18)5-10-8-19-13-15-9(2)7-16(10)13/h7-8,11,17H,3-6H2,1-2H3,(H,14,18). The Morgan fingerprint density at radius 1 is 1.63 bits per heavy atom. The van der Waals surface area contributed by atoms with E-state index in [4.69, 9.17) is 0 Å². The highest BCUT2D eigenvalue weighted by molar-refractivity contribution is 7.15. The zero-order valence-corrected chi connectivity index (χ0v) is 12.0. The summed E-state index contributed by atoms with van der Waals surface area (Å²) >= 11 is 1.53. The van der Waals surface area contributed by atoms with Gasteiger partial charge >= 0.3 is 0 Å². The van der Waals surface area contributed by atoms with Crippen molar-refractivity contribution >= 4 is 22.2 Å². The van der Waals surface area contributed by atoms with E-state index in [1.54, 1.807) is 0 Å². The molecule has 5 nitrogen and oxygen atoms in total. The van der Waals surface area contributed by atoms with Crippen molar-refractivity contribution in [3.05, 3.63) is 23.0 Å². The summed E-state index contributed by atoms with van der Waals surface area (Å²) in [6.07, 6.45) is 3.42. The van der Waals surface area contributed by atoms with Crippen LogP contribution in [0.1, 0.15) is 31.2 Å². The maximum Gasteiger partial charge on any atom is 0.226 e. The third-order valence-corrected chi connectivity index (χ3v) is 3.79. The molecule has 104 valence electrons. The molecule has 0 radical (unpaired) electrons. The smallest absolute Gasteiger partial charge is 0.226 e. The largest absolute Gasteiger partial charge is 0.391 e. The molecule has 0 bridgehead atoms. The van der Waals surface area contributed by atoms with Gasteiger partial charge in [0.2, 0.25) is 5.91 Å². The van der Waals surface area contributed by atoms with Gasteiger partial charge in [0.1, 0.15) is 0 Å². The Hall–Kier alpha value is -1.40. The predicted molar refractivity (Wildman–Crippen MR) is 75.4 cm³/mol.